The second-order valence-electron chi connectivity index (χ2n) is 6.25. The molecule has 0 spiro atoms. The van der Waals surface area contributed by atoms with Crippen molar-refractivity contribution >= 4 is 11.8 Å². The van der Waals surface area contributed by atoms with E-state index in [0.717, 1.165) is 11.3 Å². The summed E-state index contributed by atoms with van der Waals surface area (Å²) in [7, 11) is 0. The van der Waals surface area contributed by atoms with Gasteiger partial charge < -0.3 is 10.2 Å². The van der Waals surface area contributed by atoms with Gasteiger partial charge in [-0.3, -0.25) is 14.6 Å². The summed E-state index contributed by atoms with van der Waals surface area (Å²) in [5.41, 5.74) is 2.70. The molecule has 2 aromatic heterocycles. The highest BCUT2D eigenvalue weighted by Gasteiger charge is 2.22. The molecule has 0 unspecified atom stereocenters. The fraction of sp³-hybridized carbons (Fsp3) is 0.143. The average molecular weight is 371 g/mol. The van der Waals surface area contributed by atoms with Gasteiger partial charge in [0.25, 0.3) is 5.91 Å². The average Bonchev–Trinajstić information content (AvgIpc) is 3.27. The third-order valence-corrected chi connectivity index (χ3v) is 4.32. The van der Waals surface area contributed by atoms with E-state index in [2.05, 4.69) is 27.2 Å². The van der Waals surface area contributed by atoms with Crippen molar-refractivity contribution < 1.29 is 9.59 Å². The van der Waals surface area contributed by atoms with E-state index in [0.29, 0.717) is 24.2 Å². The maximum absolute atomic E-state index is 12.8. The highest BCUT2D eigenvalue weighted by atomic mass is 16.2. The second-order valence-corrected chi connectivity index (χ2v) is 6.25. The van der Waals surface area contributed by atoms with E-state index in [1.54, 1.807) is 40.3 Å². The summed E-state index contributed by atoms with van der Waals surface area (Å²) in [5.74, 6) is 5.86. The zero-order valence-electron chi connectivity index (χ0n) is 15.0. The first kappa shape index (κ1) is 17.5. The summed E-state index contributed by atoms with van der Waals surface area (Å²) >= 11 is 0. The number of nitrogens with one attached hydrogen (secondary N) is 1. The Kier molecular flexibility index (Phi) is 4.85. The smallest absolute Gasteiger partial charge is 0.254 e. The molecule has 0 saturated carbocycles. The molecule has 1 aromatic carbocycles. The quantitative estimate of drug-likeness (QED) is 0.688. The highest BCUT2D eigenvalue weighted by molar-refractivity contribution is 5.97. The molecule has 2 amide bonds. The largest absolute Gasteiger partial charge is 0.353 e. The van der Waals surface area contributed by atoms with Gasteiger partial charge in [0.15, 0.2) is 0 Å². The molecule has 28 heavy (non-hydrogen) atoms. The van der Waals surface area contributed by atoms with E-state index in [1.165, 1.54) is 0 Å². The van der Waals surface area contributed by atoms with Crippen LogP contribution in [0.15, 0.2) is 61.2 Å². The number of rotatable bonds is 2. The van der Waals surface area contributed by atoms with E-state index in [-0.39, 0.29) is 18.4 Å². The predicted molar refractivity (Wildman–Crippen MR) is 103 cm³/mol. The molecule has 1 aliphatic rings. The lowest BCUT2D eigenvalue weighted by molar-refractivity contribution is -0.123. The third-order valence-electron chi connectivity index (χ3n) is 4.32. The number of hydrogen-bond acceptors (Lipinski definition) is 4. The number of nitrogens with zero attached hydrogens (tertiary/aromatic N) is 4. The first-order chi connectivity index (χ1) is 13.7. The minimum absolute atomic E-state index is 0.0659. The van der Waals surface area contributed by atoms with Crippen LogP contribution in [-0.2, 0) is 4.79 Å². The van der Waals surface area contributed by atoms with Crippen LogP contribution in [0, 0.1) is 11.8 Å². The van der Waals surface area contributed by atoms with Crippen LogP contribution in [-0.4, -0.2) is 51.1 Å². The molecule has 4 rings (SSSR count). The molecule has 7 nitrogen and oxygen atoms in total. The Labute approximate surface area is 162 Å². The first-order valence-electron chi connectivity index (χ1n) is 8.83. The van der Waals surface area contributed by atoms with E-state index in [4.69, 9.17) is 0 Å². The monoisotopic (exact) mass is 371 g/mol. The fourth-order valence-corrected chi connectivity index (χ4v) is 2.95. The normalized spacial score (nSPS) is 13.4. The molecule has 0 radical (unpaired) electrons. The number of carbonyl (C=O) groups is 2. The van der Waals surface area contributed by atoms with Crippen molar-refractivity contribution in [1.29, 1.82) is 0 Å². The first-order valence-corrected chi connectivity index (χ1v) is 8.83. The number of amides is 2. The van der Waals surface area contributed by atoms with E-state index in [1.807, 2.05) is 30.5 Å². The van der Waals surface area contributed by atoms with Gasteiger partial charge in [0.05, 0.1) is 17.8 Å². The molecule has 0 atom stereocenters. The van der Waals surface area contributed by atoms with Gasteiger partial charge in [-0.15, -0.1) is 0 Å². The summed E-state index contributed by atoms with van der Waals surface area (Å²) < 4.78 is 1.70. The lowest BCUT2D eigenvalue weighted by atomic mass is 10.1. The lowest BCUT2D eigenvalue weighted by Gasteiger charge is -2.26. The van der Waals surface area contributed by atoms with Gasteiger partial charge in [-0.25, -0.2) is 4.68 Å². The standard InChI is InChI=1S/C21H17N5O2/c27-20-15-25(12-10-23-20)21(28)18-6-7-19(26-11-2-9-24-26)17(13-18)5-4-16-3-1-8-22-14-16/h1-3,6-9,11,13-14H,10,12,15H2,(H,23,27). The third kappa shape index (κ3) is 3.76. The second kappa shape index (κ2) is 7.76. The molecule has 138 valence electrons. The molecule has 1 aliphatic heterocycles. The molecule has 3 aromatic rings. The number of benzene rings is 1. The van der Waals surface area contributed by atoms with Gasteiger partial charge in [-0.05, 0) is 36.4 Å². The maximum Gasteiger partial charge on any atom is 0.254 e. The molecule has 0 aliphatic carbocycles. The van der Waals surface area contributed by atoms with Gasteiger partial charge in [0, 0.05) is 49.0 Å². The molecule has 0 bridgehead atoms. The van der Waals surface area contributed by atoms with Crippen LogP contribution < -0.4 is 5.32 Å². The zero-order chi connectivity index (χ0) is 19.3. The summed E-state index contributed by atoms with van der Waals surface area (Å²) in [6.07, 6.45) is 6.88. The Morgan fingerprint density at radius 1 is 1.14 bits per heavy atom. The minimum atomic E-state index is -0.189. The molecular formula is C21H17N5O2. The van der Waals surface area contributed by atoms with Crippen LogP contribution in [0.25, 0.3) is 5.69 Å². The van der Waals surface area contributed by atoms with Crippen LogP contribution in [0.2, 0.25) is 0 Å². The van der Waals surface area contributed by atoms with Crippen molar-refractivity contribution in [3.8, 4) is 17.5 Å². The van der Waals surface area contributed by atoms with Crippen LogP contribution >= 0.6 is 0 Å². The summed E-state index contributed by atoms with van der Waals surface area (Å²) in [4.78, 5) is 30.0. The molecule has 1 fully saturated rings. The molecule has 3 heterocycles. The van der Waals surface area contributed by atoms with Crippen molar-refractivity contribution in [2.24, 2.45) is 0 Å². The maximum atomic E-state index is 12.8. The van der Waals surface area contributed by atoms with Crippen LogP contribution in [0.5, 0.6) is 0 Å². The SMILES string of the molecule is O=C1CN(C(=O)c2ccc(-n3cccn3)c(C#Cc3cccnc3)c2)CCN1. The Morgan fingerprint density at radius 2 is 2.07 bits per heavy atom. The van der Waals surface area contributed by atoms with Crippen LogP contribution in [0.3, 0.4) is 0 Å². The van der Waals surface area contributed by atoms with Gasteiger partial charge in [-0.2, -0.15) is 5.10 Å². The number of hydrogen-bond donors (Lipinski definition) is 1. The number of aromatic nitrogens is 3. The van der Waals surface area contributed by atoms with E-state index < -0.39 is 0 Å². The van der Waals surface area contributed by atoms with Crippen molar-refractivity contribution in [1.82, 2.24) is 25.0 Å². The zero-order valence-corrected chi connectivity index (χ0v) is 15.0. The number of carbonyl (C=O) groups excluding carboxylic acids is 2. The molecule has 1 N–H and O–H groups in total. The highest BCUT2D eigenvalue weighted by Crippen LogP contribution is 2.17. The Bertz CT molecular complexity index is 1070. The molecule has 1 saturated heterocycles. The summed E-state index contributed by atoms with van der Waals surface area (Å²) in [6.45, 7) is 1.02. The van der Waals surface area contributed by atoms with Crippen molar-refractivity contribution in [3.05, 3.63) is 77.9 Å². The van der Waals surface area contributed by atoms with Gasteiger partial charge in [-0.1, -0.05) is 11.8 Å². The molecule has 7 heteroatoms. The summed E-state index contributed by atoms with van der Waals surface area (Å²) in [6, 6.07) is 10.8. The van der Waals surface area contributed by atoms with E-state index in [9.17, 15) is 9.59 Å². The minimum Gasteiger partial charge on any atom is -0.353 e. The van der Waals surface area contributed by atoms with Crippen molar-refractivity contribution in [2.75, 3.05) is 19.6 Å². The summed E-state index contributed by atoms with van der Waals surface area (Å²) in [5, 5.41) is 6.99. The Balaban J connectivity index is 1.71. The predicted octanol–water partition coefficient (Wildman–Crippen LogP) is 1.24. The van der Waals surface area contributed by atoms with E-state index >= 15 is 0 Å². The van der Waals surface area contributed by atoms with Crippen molar-refractivity contribution in [3.63, 3.8) is 0 Å². The van der Waals surface area contributed by atoms with Crippen LogP contribution in [0.4, 0.5) is 0 Å². The molecular weight excluding hydrogens is 354 g/mol. The van der Waals surface area contributed by atoms with Gasteiger partial charge >= 0.3 is 0 Å². The lowest BCUT2D eigenvalue weighted by Crippen LogP contribution is -2.49. The van der Waals surface area contributed by atoms with Crippen LogP contribution in [0.1, 0.15) is 21.5 Å². The number of piperazine rings is 1. The number of pyridine rings is 1. The van der Waals surface area contributed by atoms with Crippen molar-refractivity contribution in [2.45, 2.75) is 0 Å². The Morgan fingerprint density at radius 3 is 2.82 bits per heavy atom. The Hall–Kier alpha value is -3.92. The topological polar surface area (TPSA) is 80.1 Å². The fourth-order valence-electron chi connectivity index (χ4n) is 2.95. The van der Waals surface area contributed by atoms with Gasteiger partial charge in [0.1, 0.15) is 0 Å². The van der Waals surface area contributed by atoms with Gasteiger partial charge in [0.2, 0.25) is 5.91 Å².